The van der Waals surface area contributed by atoms with Crippen LogP contribution in [0.5, 0.6) is 0 Å². The van der Waals surface area contributed by atoms with Crippen molar-refractivity contribution >= 4 is 39.5 Å². The van der Waals surface area contributed by atoms with Crippen molar-refractivity contribution in [2.75, 3.05) is 18.5 Å². The topological polar surface area (TPSA) is 51.3 Å². The molecule has 0 saturated heterocycles. The minimum atomic E-state index is -0.346. The van der Waals surface area contributed by atoms with Gasteiger partial charge in [-0.25, -0.2) is 4.79 Å². The normalized spacial score (nSPS) is 11.4. The van der Waals surface area contributed by atoms with Gasteiger partial charge in [0.05, 0.1) is 5.69 Å². The van der Waals surface area contributed by atoms with Crippen LogP contribution in [0.1, 0.15) is 12.5 Å². The van der Waals surface area contributed by atoms with Crippen LogP contribution >= 0.6 is 11.6 Å². The van der Waals surface area contributed by atoms with E-state index in [0.29, 0.717) is 34.1 Å². The lowest BCUT2D eigenvalue weighted by Gasteiger charge is -2.17. The van der Waals surface area contributed by atoms with E-state index in [1.165, 1.54) is 0 Å². The molecule has 0 aliphatic heterocycles. The molecule has 0 saturated carbocycles. The molecule has 0 aliphatic rings. The van der Waals surface area contributed by atoms with E-state index in [1.54, 1.807) is 10.6 Å². The smallest absolute Gasteiger partial charge is 0.354 e. The molecule has 4 aromatic rings. The first-order valence-corrected chi connectivity index (χ1v) is 8.80. The minimum absolute atomic E-state index is 0.346. The molecule has 0 unspecified atom stereocenters. The molecule has 0 amide bonds. The van der Waals surface area contributed by atoms with Crippen LogP contribution in [0.4, 0.5) is 5.82 Å². The first kappa shape index (κ1) is 16.7. The zero-order valence-electron chi connectivity index (χ0n) is 14.8. The van der Waals surface area contributed by atoms with Crippen LogP contribution in [-0.4, -0.2) is 23.1 Å². The lowest BCUT2D eigenvalue weighted by Crippen LogP contribution is -2.27. The fourth-order valence-corrected chi connectivity index (χ4v) is 3.30. The van der Waals surface area contributed by atoms with Gasteiger partial charge in [-0.3, -0.25) is 4.57 Å². The molecule has 0 bridgehead atoms. The average Bonchev–Trinajstić information content (AvgIpc) is 2.99. The van der Waals surface area contributed by atoms with Crippen molar-refractivity contribution in [3.05, 3.63) is 63.5 Å². The Morgan fingerprint density at radius 3 is 2.77 bits per heavy atom. The molecule has 2 aromatic carbocycles. The van der Waals surface area contributed by atoms with Crippen molar-refractivity contribution in [1.82, 2.24) is 9.55 Å². The van der Waals surface area contributed by atoms with E-state index >= 15 is 0 Å². The van der Waals surface area contributed by atoms with Gasteiger partial charge in [-0.1, -0.05) is 23.7 Å². The standard InChI is InChI=1S/C20H18ClN3O2/c1-4-23(3)19-18-17(15-11-13(21)8-9-16(15)26-18)24(20(25)22-19)14-7-5-6-12(2)10-14/h5-11H,4H2,1-3H3. The van der Waals surface area contributed by atoms with Crippen molar-refractivity contribution in [3.8, 4) is 5.69 Å². The fourth-order valence-electron chi connectivity index (χ4n) is 3.13. The first-order valence-electron chi connectivity index (χ1n) is 8.42. The van der Waals surface area contributed by atoms with Crippen molar-refractivity contribution in [2.24, 2.45) is 0 Å². The molecule has 2 heterocycles. The van der Waals surface area contributed by atoms with Crippen molar-refractivity contribution in [1.29, 1.82) is 0 Å². The maximum Gasteiger partial charge on any atom is 0.354 e. The lowest BCUT2D eigenvalue weighted by atomic mass is 10.2. The lowest BCUT2D eigenvalue weighted by molar-refractivity contribution is 0.660. The Kier molecular flexibility index (Phi) is 3.96. The van der Waals surface area contributed by atoms with E-state index in [1.807, 2.05) is 62.2 Å². The Labute approximate surface area is 155 Å². The maximum atomic E-state index is 13.0. The second kappa shape index (κ2) is 6.18. The second-order valence-corrected chi connectivity index (χ2v) is 6.76. The highest BCUT2D eigenvalue weighted by Crippen LogP contribution is 2.35. The maximum absolute atomic E-state index is 13.0. The molecule has 0 spiro atoms. The van der Waals surface area contributed by atoms with Gasteiger partial charge in [0.25, 0.3) is 0 Å². The van der Waals surface area contributed by atoms with E-state index < -0.39 is 0 Å². The highest BCUT2D eigenvalue weighted by molar-refractivity contribution is 6.31. The largest absolute Gasteiger partial charge is 0.450 e. The van der Waals surface area contributed by atoms with Gasteiger partial charge in [-0.15, -0.1) is 0 Å². The summed E-state index contributed by atoms with van der Waals surface area (Å²) in [5.41, 5.74) is 3.39. The van der Waals surface area contributed by atoms with E-state index in [2.05, 4.69) is 4.98 Å². The molecule has 0 N–H and O–H groups in total. The summed E-state index contributed by atoms with van der Waals surface area (Å²) in [6.45, 7) is 4.69. The summed E-state index contributed by atoms with van der Waals surface area (Å²) in [5, 5.41) is 1.38. The fraction of sp³-hybridized carbons (Fsp3) is 0.200. The summed E-state index contributed by atoms with van der Waals surface area (Å²) in [7, 11) is 1.89. The molecule has 4 rings (SSSR count). The van der Waals surface area contributed by atoms with Gasteiger partial charge in [0, 0.05) is 24.0 Å². The van der Waals surface area contributed by atoms with Gasteiger partial charge in [0.1, 0.15) is 11.1 Å². The molecule has 0 radical (unpaired) electrons. The summed E-state index contributed by atoms with van der Waals surface area (Å²) < 4.78 is 7.68. The number of hydrogen-bond donors (Lipinski definition) is 0. The Bertz CT molecular complexity index is 1190. The molecule has 132 valence electrons. The molecule has 5 nitrogen and oxygen atoms in total. The Hall–Kier alpha value is -2.79. The number of fused-ring (bicyclic) bond motifs is 3. The molecule has 0 aliphatic carbocycles. The first-order chi connectivity index (χ1) is 12.5. The highest BCUT2D eigenvalue weighted by atomic mass is 35.5. The predicted octanol–water partition coefficient (Wildman–Crippen LogP) is 4.55. The van der Waals surface area contributed by atoms with Gasteiger partial charge in [-0.2, -0.15) is 4.98 Å². The molecular weight excluding hydrogens is 350 g/mol. The monoisotopic (exact) mass is 367 g/mol. The number of anilines is 1. The van der Waals surface area contributed by atoms with Crippen LogP contribution in [0.25, 0.3) is 27.8 Å². The van der Waals surface area contributed by atoms with Gasteiger partial charge in [0.15, 0.2) is 11.4 Å². The number of halogens is 1. The van der Waals surface area contributed by atoms with Crippen molar-refractivity contribution in [3.63, 3.8) is 0 Å². The van der Waals surface area contributed by atoms with Gasteiger partial charge < -0.3 is 9.32 Å². The number of rotatable bonds is 3. The number of hydrogen-bond acceptors (Lipinski definition) is 4. The van der Waals surface area contributed by atoms with Crippen LogP contribution in [0.3, 0.4) is 0 Å². The Balaban J connectivity index is 2.21. The predicted molar refractivity (Wildman–Crippen MR) is 106 cm³/mol. The van der Waals surface area contributed by atoms with Gasteiger partial charge in [0.2, 0.25) is 0 Å². The Morgan fingerprint density at radius 1 is 1.23 bits per heavy atom. The zero-order chi connectivity index (χ0) is 18.4. The average molecular weight is 368 g/mol. The third-order valence-corrected chi connectivity index (χ3v) is 4.77. The van der Waals surface area contributed by atoms with Crippen molar-refractivity contribution < 1.29 is 4.42 Å². The van der Waals surface area contributed by atoms with Crippen LogP contribution in [0.2, 0.25) is 5.02 Å². The van der Waals surface area contributed by atoms with E-state index in [9.17, 15) is 4.79 Å². The number of benzene rings is 2. The number of aromatic nitrogens is 2. The highest BCUT2D eigenvalue weighted by Gasteiger charge is 2.21. The molecular formula is C20H18ClN3O2. The van der Waals surface area contributed by atoms with Crippen LogP contribution in [-0.2, 0) is 0 Å². The Morgan fingerprint density at radius 2 is 2.04 bits per heavy atom. The van der Waals surface area contributed by atoms with E-state index in [-0.39, 0.29) is 5.69 Å². The van der Waals surface area contributed by atoms with Gasteiger partial charge in [-0.05, 0) is 49.7 Å². The number of nitrogens with zero attached hydrogens (tertiary/aromatic N) is 3. The number of aryl methyl sites for hydroxylation is 1. The second-order valence-electron chi connectivity index (χ2n) is 6.33. The summed E-state index contributed by atoms with van der Waals surface area (Å²) >= 11 is 6.21. The zero-order valence-corrected chi connectivity index (χ0v) is 15.5. The molecule has 26 heavy (non-hydrogen) atoms. The molecule has 2 aromatic heterocycles. The summed E-state index contributed by atoms with van der Waals surface area (Å²) in [4.78, 5) is 19.2. The molecule has 6 heteroatoms. The summed E-state index contributed by atoms with van der Waals surface area (Å²) in [6.07, 6.45) is 0. The summed E-state index contributed by atoms with van der Waals surface area (Å²) in [6, 6.07) is 13.2. The molecule has 0 atom stereocenters. The van der Waals surface area contributed by atoms with Crippen LogP contribution in [0.15, 0.2) is 51.7 Å². The van der Waals surface area contributed by atoms with E-state index in [4.69, 9.17) is 16.0 Å². The summed E-state index contributed by atoms with van der Waals surface area (Å²) in [5.74, 6) is 0.531. The molecule has 0 fully saturated rings. The van der Waals surface area contributed by atoms with Crippen molar-refractivity contribution in [2.45, 2.75) is 13.8 Å². The van der Waals surface area contributed by atoms with Gasteiger partial charge >= 0.3 is 5.69 Å². The third-order valence-electron chi connectivity index (χ3n) is 4.54. The van der Waals surface area contributed by atoms with Crippen LogP contribution in [0, 0.1) is 6.92 Å². The SMILES string of the molecule is CCN(C)c1nc(=O)n(-c2cccc(C)c2)c2c1oc1ccc(Cl)cc12. The van der Waals surface area contributed by atoms with Crippen LogP contribution < -0.4 is 10.6 Å². The number of furan rings is 1. The minimum Gasteiger partial charge on any atom is -0.450 e. The quantitative estimate of drug-likeness (QED) is 0.533. The third kappa shape index (κ3) is 2.56. The van der Waals surface area contributed by atoms with E-state index in [0.717, 1.165) is 16.6 Å².